The molecule has 0 saturated carbocycles. The number of carboxylic acids is 1. The topological polar surface area (TPSA) is 117 Å². The largest absolute Gasteiger partial charge is 0.478 e. The SMILES string of the molecule is O=C(O)c1cccc2c(Nc3ccc(S(=O)(=O)O)cc3)c3ccccc3nc12. The van der Waals surface area contributed by atoms with Crippen molar-refractivity contribution in [3.8, 4) is 0 Å². The van der Waals surface area contributed by atoms with Crippen molar-refractivity contribution in [1.29, 1.82) is 0 Å². The number of nitrogens with zero attached hydrogens (tertiary/aromatic N) is 1. The average Bonchev–Trinajstić information content (AvgIpc) is 2.67. The second kappa shape index (κ2) is 6.59. The Morgan fingerprint density at radius 2 is 1.57 bits per heavy atom. The first-order valence-corrected chi connectivity index (χ1v) is 9.68. The summed E-state index contributed by atoms with van der Waals surface area (Å²) in [5, 5.41) is 14.1. The maximum absolute atomic E-state index is 11.6. The molecule has 7 nitrogen and oxygen atoms in total. The Morgan fingerprint density at radius 1 is 0.893 bits per heavy atom. The molecule has 28 heavy (non-hydrogen) atoms. The normalized spacial score (nSPS) is 11.6. The van der Waals surface area contributed by atoms with E-state index in [4.69, 9.17) is 4.55 Å². The molecular weight excluding hydrogens is 380 g/mol. The summed E-state index contributed by atoms with van der Waals surface area (Å²) in [6.07, 6.45) is 0. The Balaban J connectivity index is 1.94. The number of pyridine rings is 1. The van der Waals surface area contributed by atoms with E-state index in [-0.39, 0.29) is 10.5 Å². The molecule has 3 aromatic carbocycles. The zero-order chi connectivity index (χ0) is 19.9. The minimum atomic E-state index is -4.28. The van der Waals surface area contributed by atoms with Crippen molar-refractivity contribution in [3.05, 3.63) is 72.3 Å². The molecular formula is C20H14N2O5S. The van der Waals surface area contributed by atoms with E-state index in [1.807, 2.05) is 18.2 Å². The molecule has 0 fully saturated rings. The maximum Gasteiger partial charge on any atom is 0.337 e. The molecule has 8 heteroatoms. The maximum atomic E-state index is 11.6. The van der Waals surface area contributed by atoms with Gasteiger partial charge in [-0.1, -0.05) is 30.3 Å². The van der Waals surface area contributed by atoms with Gasteiger partial charge in [0.1, 0.15) is 0 Å². The van der Waals surface area contributed by atoms with Gasteiger partial charge < -0.3 is 10.4 Å². The summed E-state index contributed by atoms with van der Waals surface area (Å²) in [5.41, 5.74) is 2.30. The van der Waals surface area contributed by atoms with E-state index in [1.165, 1.54) is 30.3 Å². The minimum Gasteiger partial charge on any atom is -0.478 e. The van der Waals surface area contributed by atoms with Crippen LogP contribution in [0.2, 0.25) is 0 Å². The standard InChI is InChI=1S/C20H14N2O5S/c23-20(24)16-6-3-5-15-18(14-4-1-2-7-17(14)22-19(15)16)21-12-8-10-13(11-9-12)28(25,26)27/h1-11H,(H,21,22)(H,23,24)(H,25,26,27). The highest BCUT2D eigenvalue weighted by Crippen LogP contribution is 2.34. The van der Waals surface area contributed by atoms with Gasteiger partial charge in [-0.15, -0.1) is 0 Å². The van der Waals surface area contributed by atoms with Crippen LogP contribution in [-0.4, -0.2) is 29.0 Å². The number of aromatic nitrogens is 1. The first-order valence-electron chi connectivity index (χ1n) is 8.24. The molecule has 140 valence electrons. The summed E-state index contributed by atoms with van der Waals surface area (Å²) in [6, 6.07) is 17.8. The molecule has 0 saturated heterocycles. The third kappa shape index (κ3) is 3.15. The molecule has 0 aliphatic rings. The first-order chi connectivity index (χ1) is 13.3. The molecule has 0 aliphatic carbocycles. The number of hydrogen-bond donors (Lipinski definition) is 3. The highest BCUT2D eigenvalue weighted by Gasteiger charge is 2.16. The second-order valence-electron chi connectivity index (χ2n) is 6.14. The van der Waals surface area contributed by atoms with Gasteiger partial charge in [0, 0.05) is 16.5 Å². The van der Waals surface area contributed by atoms with Crippen LogP contribution < -0.4 is 5.32 Å². The lowest BCUT2D eigenvalue weighted by Gasteiger charge is -2.14. The van der Waals surface area contributed by atoms with Crippen LogP contribution >= 0.6 is 0 Å². The second-order valence-corrected chi connectivity index (χ2v) is 7.56. The summed E-state index contributed by atoms with van der Waals surface area (Å²) in [4.78, 5) is 15.9. The molecule has 3 N–H and O–H groups in total. The number of hydrogen-bond acceptors (Lipinski definition) is 5. The number of carbonyl (C=O) groups is 1. The fraction of sp³-hybridized carbons (Fsp3) is 0. The van der Waals surface area contributed by atoms with Gasteiger partial charge in [-0.05, 0) is 36.4 Å². The number of nitrogens with one attached hydrogen (secondary N) is 1. The summed E-state index contributed by atoms with van der Waals surface area (Å²) in [6.45, 7) is 0. The number of para-hydroxylation sites is 2. The quantitative estimate of drug-likeness (QED) is 0.353. The number of carboxylic acid groups (broad SMARTS) is 1. The van der Waals surface area contributed by atoms with E-state index < -0.39 is 16.1 Å². The smallest absolute Gasteiger partial charge is 0.337 e. The summed E-state index contributed by atoms with van der Waals surface area (Å²) < 4.78 is 31.6. The van der Waals surface area contributed by atoms with Gasteiger partial charge in [-0.2, -0.15) is 8.42 Å². The third-order valence-corrected chi connectivity index (χ3v) is 5.23. The number of anilines is 2. The van der Waals surface area contributed by atoms with Crippen molar-refractivity contribution >= 4 is 49.3 Å². The molecule has 0 amide bonds. The van der Waals surface area contributed by atoms with Gasteiger partial charge in [0.05, 0.1) is 27.2 Å². The van der Waals surface area contributed by atoms with Crippen LogP contribution in [0.3, 0.4) is 0 Å². The van der Waals surface area contributed by atoms with Gasteiger partial charge >= 0.3 is 5.97 Å². The van der Waals surface area contributed by atoms with Crippen LogP contribution in [0.4, 0.5) is 11.4 Å². The molecule has 1 aromatic heterocycles. The van der Waals surface area contributed by atoms with Gasteiger partial charge in [0.2, 0.25) is 0 Å². The van der Waals surface area contributed by atoms with Crippen molar-refractivity contribution in [2.45, 2.75) is 4.90 Å². The number of rotatable bonds is 4. The fourth-order valence-corrected chi connectivity index (χ4v) is 3.56. The zero-order valence-corrected chi connectivity index (χ0v) is 15.1. The van der Waals surface area contributed by atoms with E-state index in [0.717, 1.165) is 5.39 Å². The Hall–Kier alpha value is -3.49. The van der Waals surface area contributed by atoms with Crippen molar-refractivity contribution in [1.82, 2.24) is 4.98 Å². The average molecular weight is 394 g/mol. The highest BCUT2D eigenvalue weighted by atomic mass is 32.2. The number of fused-ring (bicyclic) bond motifs is 2. The van der Waals surface area contributed by atoms with Crippen molar-refractivity contribution in [2.24, 2.45) is 0 Å². The van der Waals surface area contributed by atoms with E-state index in [0.29, 0.717) is 27.8 Å². The van der Waals surface area contributed by atoms with E-state index in [9.17, 15) is 18.3 Å². The fourth-order valence-electron chi connectivity index (χ4n) is 3.08. The van der Waals surface area contributed by atoms with Crippen LogP contribution in [0.5, 0.6) is 0 Å². The van der Waals surface area contributed by atoms with Crippen LogP contribution in [0.1, 0.15) is 10.4 Å². The Kier molecular flexibility index (Phi) is 4.21. The monoisotopic (exact) mass is 394 g/mol. The van der Waals surface area contributed by atoms with Gasteiger partial charge in [-0.3, -0.25) is 4.55 Å². The molecule has 1 heterocycles. The van der Waals surface area contributed by atoms with Crippen molar-refractivity contribution in [2.75, 3.05) is 5.32 Å². The predicted molar refractivity (Wildman–Crippen MR) is 106 cm³/mol. The lowest BCUT2D eigenvalue weighted by Crippen LogP contribution is -2.02. The van der Waals surface area contributed by atoms with Gasteiger partial charge in [0.15, 0.2) is 0 Å². The van der Waals surface area contributed by atoms with E-state index in [1.54, 1.807) is 18.2 Å². The van der Waals surface area contributed by atoms with E-state index >= 15 is 0 Å². The van der Waals surface area contributed by atoms with Crippen molar-refractivity contribution < 1.29 is 22.9 Å². The first kappa shape index (κ1) is 17.9. The van der Waals surface area contributed by atoms with E-state index in [2.05, 4.69) is 10.3 Å². The predicted octanol–water partition coefficient (Wildman–Crippen LogP) is 4.08. The van der Waals surface area contributed by atoms with Crippen LogP contribution in [0, 0.1) is 0 Å². The summed E-state index contributed by atoms with van der Waals surface area (Å²) >= 11 is 0. The summed E-state index contributed by atoms with van der Waals surface area (Å²) in [5.74, 6) is -1.07. The molecule has 0 spiro atoms. The zero-order valence-electron chi connectivity index (χ0n) is 14.3. The Labute approximate surface area is 160 Å². The molecule has 0 bridgehead atoms. The Bertz CT molecular complexity index is 1330. The van der Waals surface area contributed by atoms with Crippen LogP contribution in [-0.2, 0) is 10.1 Å². The summed E-state index contributed by atoms with van der Waals surface area (Å²) in [7, 11) is -4.28. The lowest BCUT2D eigenvalue weighted by atomic mass is 10.0. The number of aromatic carboxylic acids is 1. The highest BCUT2D eigenvalue weighted by molar-refractivity contribution is 7.85. The van der Waals surface area contributed by atoms with Crippen LogP contribution in [0.25, 0.3) is 21.8 Å². The van der Waals surface area contributed by atoms with Gasteiger partial charge in [0.25, 0.3) is 10.1 Å². The molecule has 0 atom stereocenters. The molecule has 4 rings (SSSR count). The third-order valence-electron chi connectivity index (χ3n) is 4.36. The molecule has 4 aromatic rings. The molecule has 0 unspecified atom stereocenters. The minimum absolute atomic E-state index is 0.0908. The Morgan fingerprint density at radius 3 is 2.25 bits per heavy atom. The molecule has 0 radical (unpaired) electrons. The van der Waals surface area contributed by atoms with Crippen molar-refractivity contribution in [3.63, 3.8) is 0 Å². The lowest BCUT2D eigenvalue weighted by molar-refractivity contribution is 0.0699. The van der Waals surface area contributed by atoms with Crippen LogP contribution in [0.15, 0.2) is 71.6 Å². The molecule has 0 aliphatic heterocycles. The van der Waals surface area contributed by atoms with Gasteiger partial charge in [-0.25, -0.2) is 9.78 Å². The number of benzene rings is 3.